The molecule has 0 radical (unpaired) electrons. The van der Waals surface area contributed by atoms with E-state index in [0.29, 0.717) is 0 Å². The highest BCUT2D eigenvalue weighted by Crippen LogP contribution is 2.25. The van der Waals surface area contributed by atoms with Crippen LogP contribution in [-0.4, -0.2) is 5.75 Å². The van der Waals surface area contributed by atoms with Crippen molar-refractivity contribution in [3.8, 4) is 0 Å². The quantitative estimate of drug-likeness (QED) is 0.511. The van der Waals surface area contributed by atoms with Crippen LogP contribution in [-0.2, 0) is 0 Å². The fourth-order valence-corrected chi connectivity index (χ4v) is 2.02. The summed E-state index contributed by atoms with van der Waals surface area (Å²) in [6.07, 6.45) is 0. The van der Waals surface area contributed by atoms with Crippen LogP contribution in [0.25, 0.3) is 0 Å². The van der Waals surface area contributed by atoms with Crippen LogP contribution in [0, 0.1) is 3.57 Å². The lowest BCUT2D eigenvalue weighted by Crippen LogP contribution is -1.88. The second-order valence-electron chi connectivity index (χ2n) is 2.12. The van der Waals surface area contributed by atoms with E-state index in [1.807, 2.05) is 6.07 Å². The standard InChI is InChI=1S/C8H10INS/c1-2-11-8-4-3-6(9)5-7(8)10/h3-5H,2,10H2,1H3. The Balaban J connectivity index is 2.90. The molecule has 0 bridgehead atoms. The van der Waals surface area contributed by atoms with Gasteiger partial charge in [-0.3, -0.25) is 0 Å². The average molecular weight is 279 g/mol. The van der Waals surface area contributed by atoms with E-state index in [0.717, 1.165) is 11.4 Å². The number of rotatable bonds is 2. The Morgan fingerprint density at radius 1 is 1.55 bits per heavy atom. The molecule has 1 rings (SSSR count). The zero-order valence-corrected chi connectivity index (χ0v) is 9.28. The van der Waals surface area contributed by atoms with Crippen LogP contribution >= 0.6 is 34.4 Å². The van der Waals surface area contributed by atoms with E-state index in [4.69, 9.17) is 5.73 Å². The first-order valence-corrected chi connectivity index (χ1v) is 5.48. The Labute approximate surface area is 84.9 Å². The fraction of sp³-hybridized carbons (Fsp3) is 0.250. The second kappa shape index (κ2) is 4.21. The SMILES string of the molecule is CCSc1ccc(I)cc1N. The summed E-state index contributed by atoms with van der Waals surface area (Å²) >= 11 is 4.04. The zero-order valence-electron chi connectivity index (χ0n) is 6.30. The van der Waals surface area contributed by atoms with Crippen molar-refractivity contribution in [3.63, 3.8) is 0 Å². The number of hydrogen-bond donors (Lipinski definition) is 1. The van der Waals surface area contributed by atoms with Crippen molar-refractivity contribution in [3.05, 3.63) is 21.8 Å². The molecule has 0 aliphatic carbocycles. The number of anilines is 1. The van der Waals surface area contributed by atoms with Crippen molar-refractivity contribution in [1.29, 1.82) is 0 Å². The zero-order chi connectivity index (χ0) is 8.27. The van der Waals surface area contributed by atoms with Crippen LogP contribution in [0.3, 0.4) is 0 Å². The van der Waals surface area contributed by atoms with Crippen LogP contribution in [0.5, 0.6) is 0 Å². The highest BCUT2D eigenvalue weighted by molar-refractivity contribution is 14.1. The second-order valence-corrected chi connectivity index (χ2v) is 4.67. The molecule has 1 aromatic rings. The smallest absolute Gasteiger partial charge is 0.0462 e. The molecular weight excluding hydrogens is 269 g/mol. The molecule has 0 atom stereocenters. The van der Waals surface area contributed by atoms with Crippen molar-refractivity contribution in [2.75, 3.05) is 11.5 Å². The Morgan fingerprint density at radius 2 is 2.27 bits per heavy atom. The molecule has 0 unspecified atom stereocenters. The van der Waals surface area contributed by atoms with Gasteiger partial charge in [-0.2, -0.15) is 0 Å². The summed E-state index contributed by atoms with van der Waals surface area (Å²) in [4.78, 5) is 1.19. The van der Waals surface area contributed by atoms with Gasteiger partial charge < -0.3 is 5.73 Å². The van der Waals surface area contributed by atoms with Crippen molar-refractivity contribution >= 4 is 40.0 Å². The van der Waals surface area contributed by atoms with Gasteiger partial charge in [0.25, 0.3) is 0 Å². The molecule has 0 amide bonds. The van der Waals surface area contributed by atoms with Crippen LogP contribution in [0.1, 0.15) is 6.92 Å². The van der Waals surface area contributed by atoms with Crippen molar-refractivity contribution in [2.45, 2.75) is 11.8 Å². The van der Waals surface area contributed by atoms with Crippen molar-refractivity contribution in [1.82, 2.24) is 0 Å². The summed E-state index contributed by atoms with van der Waals surface area (Å²) in [5, 5.41) is 0. The van der Waals surface area contributed by atoms with Gasteiger partial charge in [0.2, 0.25) is 0 Å². The van der Waals surface area contributed by atoms with Gasteiger partial charge in [-0.25, -0.2) is 0 Å². The van der Waals surface area contributed by atoms with Crippen LogP contribution in [0.2, 0.25) is 0 Å². The molecule has 0 aromatic heterocycles. The molecule has 60 valence electrons. The van der Waals surface area contributed by atoms with Gasteiger partial charge in [0, 0.05) is 14.2 Å². The third kappa shape index (κ3) is 2.56. The summed E-state index contributed by atoms with van der Waals surface area (Å²) in [5.74, 6) is 1.07. The Morgan fingerprint density at radius 3 is 2.82 bits per heavy atom. The lowest BCUT2D eigenvalue weighted by atomic mass is 10.3. The van der Waals surface area contributed by atoms with Crippen molar-refractivity contribution < 1.29 is 0 Å². The first kappa shape index (κ1) is 9.19. The molecule has 0 heterocycles. The van der Waals surface area contributed by atoms with Crippen LogP contribution in [0.15, 0.2) is 23.1 Å². The minimum atomic E-state index is 0.892. The molecule has 0 fully saturated rings. The van der Waals surface area contributed by atoms with Gasteiger partial charge >= 0.3 is 0 Å². The van der Waals surface area contributed by atoms with Crippen LogP contribution < -0.4 is 5.73 Å². The number of thioether (sulfide) groups is 1. The van der Waals surface area contributed by atoms with E-state index < -0.39 is 0 Å². The lowest BCUT2D eigenvalue weighted by Gasteiger charge is -2.02. The minimum Gasteiger partial charge on any atom is -0.398 e. The third-order valence-electron chi connectivity index (χ3n) is 1.27. The summed E-state index contributed by atoms with van der Waals surface area (Å²) in [6, 6.07) is 6.15. The first-order valence-electron chi connectivity index (χ1n) is 3.42. The number of halogens is 1. The van der Waals surface area contributed by atoms with E-state index in [9.17, 15) is 0 Å². The van der Waals surface area contributed by atoms with Gasteiger partial charge in [-0.05, 0) is 46.5 Å². The highest BCUT2D eigenvalue weighted by atomic mass is 127. The Bertz CT molecular complexity index is 250. The van der Waals surface area contributed by atoms with E-state index in [1.54, 1.807) is 11.8 Å². The number of hydrogen-bond acceptors (Lipinski definition) is 2. The van der Waals surface area contributed by atoms with Gasteiger partial charge in [-0.15, -0.1) is 11.8 Å². The summed E-state index contributed by atoms with van der Waals surface area (Å²) in [6.45, 7) is 2.13. The molecule has 0 saturated carbocycles. The van der Waals surface area contributed by atoms with Crippen molar-refractivity contribution in [2.24, 2.45) is 0 Å². The average Bonchev–Trinajstić information content (AvgIpc) is 1.95. The molecular formula is C8H10INS. The van der Waals surface area contributed by atoms with Gasteiger partial charge in [-0.1, -0.05) is 6.92 Å². The van der Waals surface area contributed by atoms with Gasteiger partial charge in [0.05, 0.1) is 0 Å². The van der Waals surface area contributed by atoms with Gasteiger partial charge in [0.15, 0.2) is 0 Å². The molecule has 11 heavy (non-hydrogen) atoms. The summed E-state index contributed by atoms with van der Waals surface area (Å²) in [5.41, 5.74) is 6.67. The van der Waals surface area contributed by atoms with E-state index >= 15 is 0 Å². The van der Waals surface area contributed by atoms with Gasteiger partial charge in [0.1, 0.15) is 0 Å². The topological polar surface area (TPSA) is 26.0 Å². The largest absolute Gasteiger partial charge is 0.398 e. The Hall–Kier alpha value is 0.1000. The third-order valence-corrected chi connectivity index (χ3v) is 2.91. The normalized spacial score (nSPS) is 10.0. The molecule has 3 heteroatoms. The summed E-state index contributed by atoms with van der Waals surface area (Å²) in [7, 11) is 0. The maximum Gasteiger partial charge on any atom is 0.0462 e. The number of nitrogens with two attached hydrogens (primary N) is 1. The van der Waals surface area contributed by atoms with Crippen LogP contribution in [0.4, 0.5) is 5.69 Å². The molecule has 2 N–H and O–H groups in total. The molecule has 0 saturated heterocycles. The lowest BCUT2D eigenvalue weighted by molar-refractivity contribution is 1.42. The molecule has 0 aliphatic heterocycles. The number of benzene rings is 1. The monoisotopic (exact) mass is 279 g/mol. The molecule has 0 aliphatic rings. The van der Waals surface area contributed by atoms with E-state index in [2.05, 4.69) is 41.6 Å². The van der Waals surface area contributed by atoms with E-state index in [1.165, 1.54) is 8.47 Å². The number of nitrogen functional groups attached to an aromatic ring is 1. The first-order chi connectivity index (χ1) is 5.24. The maximum absolute atomic E-state index is 5.78. The fourth-order valence-electron chi connectivity index (χ4n) is 0.806. The maximum atomic E-state index is 5.78. The Kier molecular flexibility index (Phi) is 3.51. The molecule has 1 aromatic carbocycles. The molecule has 1 nitrogen and oxygen atoms in total. The van der Waals surface area contributed by atoms with E-state index in [-0.39, 0.29) is 0 Å². The molecule has 0 spiro atoms. The summed E-state index contributed by atoms with van der Waals surface area (Å²) < 4.78 is 1.19. The minimum absolute atomic E-state index is 0.892. The predicted molar refractivity (Wildman–Crippen MR) is 60.0 cm³/mol. The highest BCUT2D eigenvalue weighted by Gasteiger charge is 1.97. The predicted octanol–water partition coefficient (Wildman–Crippen LogP) is 2.99.